The second kappa shape index (κ2) is 5.14. The van der Waals surface area contributed by atoms with Crippen molar-refractivity contribution in [2.75, 3.05) is 17.2 Å². The van der Waals surface area contributed by atoms with Gasteiger partial charge in [-0.15, -0.1) is 0 Å². The Morgan fingerprint density at radius 2 is 2.20 bits per heavy atom. The van der Waals surface area contributed by atoms with E-state index in [0.29, 0.717) is 11.6 Å². The smallest absolute Gasteiger partial charge is 0.239 e. The average molecular weight is 209 g/mol. The average Bonchev–Trinajstić information content (AvgIpc) is 2.18. The highest BCUT2D eigenvalue weighted by Crippen LogP contribution is 2.07. The van der Waals surface area contributed by atoms with Crippen molar-refractivity contribution in [3.8, 4) is 0 Å². The number of primary amides is 1. The van der Waals surface area contributed by atoms with Crippen molar-refractivity contribution in [1.29, 1.82) is 0 Å². The van der Waals surface area contributed by atoms with Crippen LogP contribution in [0.15, 0.2) is 12.4 Å². The lowest BCUT2D eigenvalue weighted by Gasteiger charge is -2.11. The van der Waals surface area contributed by atoms with Crippen LogP contribution in [0.2, 0.25) is 0 Å². The van der Waals surface area contributed by atoms with Crippen LogP contribution in [0.3, 0.4) is 0 Å². The fraction of sp³-hybridized carbons (Fsp3) is 0.444. The van der Waals surface area contributed by atoms with Crippen LogP contribution < -0.4 is 16.4 Å². The molecular formula is C9H15N5O. The van der Waals surface area contributed by atoms with E-state index in [1.165, 1.54) is 0 Å². The molecule has 1 atom stereocenters. The van der Waals surface area contributed by atoms with E-state index in [2.05, 4.69) is 20.6 Å². The van der Waals surface area contributed by atoms with E-state index < -0.39 is 11.9 Å². The molecule has 1 amide bonds. The zero-order valence-electron chi connectivity index (χ0n) is 8.82. The highest BCUT2D eigenvalue weighted by atomic mass is 16.1. The number of hydrogen-bond acceptors (Lipinski definition) is 5. The fourth-order valence-corrected chi connectivity index (χ4v) is 0.995. The molecule has 0 spiro atoms. The molecule has 4 N–H and O–H groups in total. The molecule has 0 aliphatic rings. The van der Waals surface area contributed by atoms with Crippen LogP contribution in [0.1, 0.15) is 13.8 Å². The van der Waals surface area contributed by atoms with Crippen LogP contribution in [-0.4, -0.2) is 28.5 Å². The zero-order valence-corrected chi connectivity index (χ0v) is 8.82. The van der Waals surface area contributed by atoms with Crippen LogP contribution in [-0.2, 0) is 4.79 Å². The third kappa shape index (κ3) is 3.41. The summed E-state index contributed by atoms with van der Waals surface area (Å²) in [5, 5.41) is 5.87. The molecule has 0 saturated heterocycles. The van der Waals surface area contributed by atoms with E-state index >= 15 is 0 Å². The number of nitrogens with zero attached hydrogens (tertiary/aromatic N) is 2. The van der Waals surface area contributed by atoms with Crippen molar-refractivity contribution in [3.63, 3.8) is 0 Å². The maximum Gasteiger partial charge on any atom is 0.239 e. The van der Waals surface area contributed by atoms with Crippen LogP contribution in [0, 0.1) is 0 Å². The minimum atomic E-state index is -0.462. The molecule has 6 nitrogen and oxygen atoms in total. The summed E-state index contributed by atoms with van der Waals surface area (Å²) in [5.41, 5.74) is 5.12. The third-order valence-corrected chi connectivity index (χ3v) is 1.78. The summed E-state index contributed by atoms with van der Waals surface area (Å²) in [6.07, 6.45) is 3.16. The maximum atomic E-state index is 10.8. The summed E-state index contributed by atoms with van der Waals surface area (Å²) in [7, 11) is 0. The largest absolute Gasteiger partial charge is 0.369 e. The summed E-state index contributed by atoms with van der Waals surface area (Å²) in [6.45, 7) is 4.40. The Kier molecular flexibility index (Phi) is 3.84. The molecule has 0 aromatic carbocycles. The predicted molar refractivity (Wildman–Crippen MR) is 58.5 cm³/mol. The Morgan fingerprint density at radius 3 is 2.80 bits per heavy atom. The first-order valence-electron chi connectivity index (χ1n) is 4.75. The first-order valence-corrected chi connectivity index (χ1v) is 4.75. The minimum Gasteiger partial charge on any atom is -0.369 e. The van der Waals surface area contributed by atoms with E-state index in [-0.39, 0.29) is 0 Å². The number of anilines is 2. The van der Waals surface area contributed by atoms with Gasteiger partial charge in [-0.2, -0.15) is 0 Å². The fourth-order valence-electron chi connectivity index (χ4n) is 0.995. The Hall–Kier alpha value is -1.85. The lowest BCUT2D eigenvalue weighted by atomic mass is 10.3. The Labute approximate surface area is 88.3 Å². The molecule has 0 fully saturated rings. The van der Waals surface area contributed by atoms with Crippen LogP contribution in [0.4, 0.5) is 11.6 Å². The highest BCUT2D eigenvalue weighted by molar-refractivity contribution is 5.82. The third-order valence-electron chi connectivity index (χ3n) is 1.78. The van der Waals surface area contributed by atoms with E-state index in [1.54, 1.807) is 19.3 Å². The van der Waals surface area contributed by atoms with Gasteiger partial charge in [-0.1, -0.05) is 0 Å². The normalized spacial score (nSPS) is 11.9. The lowest BCUT2D eigenvalue weighted by Crippen LogP contribution is -2.32. The van der Waals surface area contributed by atoms with Crippen molar-refractivity contribution < 1.29 is 4.79 Å². The van der Waals surface area contributed by atoms with Gasteiger partial charge in [0, 0.05) is 6.54 Å². The van der Waals surface area contributed by atoms with Crippen molar-refractivity contribution in [1.82, 2.24) is 9.97 Å². The molecule has 0 saturated carbocycles. The summed E-state index contributed by atoms with van der Waals surface area (Å²) in [6, 6.07) is -0.462. The number of nitrogens with one attached hydrogen (secondary N) is 2. The number of aromatic nitrogens is 2. The van der Waals surface area contributed by atoms with Crippen molar-refractivity contribution >= 4 is 17.5 Å². The van der Waals surface area contributed by atoms with Crippen LogP contribution in [0.25, 0.3) is 0 Å². The van der Waals surface area contributed by atoms with Crippen LogP contribution in [0.5, 0.6) is 0 Å². The molecule has 0 radical (unpaired) electrons. The van der Waals surface area contributed by atoms with Gasteiger partial charge in [-0.25, -0.2) is 4.98 Å². The summed E-state index contributed by atoms with van der Waals surface area (Å²) < 4.78 is 0. The first-order chi connectivity index (χ1) is 7.13. The molecule has 1 rings (SSSR count). The maximum absolute atomic E-state index is 10.8. The van der Waals surface area contributed by atoms with E-state index in [9.17, 15) is 4.79 Å². The number of amides is 1. The Balaban J connectivity index is 2.68. The lowest BCUT2D eigenvalue weighted by molar-refractivity contribution is -0.118. The molecule has 0 aliphatic heterocycles. The van der Waals surface area contributed by atoms with E-state index in [1.807, 2.05) is 6.92 Å². The number of rotatable bonds is 5. The monoisotopic (exact) mass is 209 g/mol. The van der Waals surface area contributed by atoms with Crippen molar-refractivity contribution in [2.24, 2.45) is 5.73 Å². The number of nitrogens with two attached hydrogens (primary N) is 1. The standard InChI is InChI=1S/C9H15N5O/c1-3-12-7-4-11-5-8(14-7)13-6(2)9(10)15/h4-6H,3H2,1-2H3,(H2,10,15)(H2,12,13,14). The van der Waals surface area contributed by atoms with Gasteiger partial charge in [0.2, 0.25) is 5.91 Å². The molecule has 1 aromatic heterocycles. The van der Waals surface area contributed by atoms with Gasteiger partial charge in [-0.05, 0) is 13.8 Å². The van der Waals surface area contributed by atoms with Gasteiger partial charge in [0.05, 0.1) is 12.4 Å². The van der Waals surface area contributed by atoms with Gasteiger partial charge in [0.25, 0.3) is 0 Å². The van der Waals surface area contributed by atoms with E-state index in [4.69, 9.17) is 5.73 Å². The molecule has 82 valence electrons. The Bertz CT molecular complexity index is 341. The highest BCUT2D eigenvalue weighted by Gasteiger charge is 2.08. The number of carbonyl (C=O) groups is 1. The summed E-state index contributed by atoms with van der Waals surface area (Å²) in [5.74, 6) is 0.768. The SMILES string of the molecule is CCNc1cncc(NC(C)C(N)=O)n1. The molecular weight excluding hydrogens is 194 g/mol. The second-order valence-corrected chi connectivity index (χ2v) is 3.09. The summed E-state index contributed by atoms with van der Waals surface area (Å²) >= 11 is 0. The molecule has 0 bridgehead atoms. The van der Waals surface area contributed by atoms with Gasteiger partial charge < -0.3 is 16.4 Å². The molecule has 1 aromatic rings. The summed E-state index contributed by atoms with van der Waals surface area (Å²) in [4.78, 5) is 19.0. The molecule has 0 aliphatic carbocycles. The first kappa shape index (κ1) is 11.2. The van der Waals surface area contributed by atoms with E-state index in [0.717, 1.165) is 6.54 Å². The minimum absolute atomic E-state index is 0.425. The zero-order chi connectivity index (χ0) is 11.3. The van der Waals surface area contributed by atoms with Crippen molar-refractivity contribution in [2.45, 2.75) is 19.9 Å². The van der Waals surface area contributed by atoms with Crippen molar-refractivity contribution in [3.05, 3.63) is 12.4 Å². The molecule has 15 heavy (non-hydrogen) atoms. The quantitative estimate of drug-likeness (QED) is 0.644. The molecule has 1 heterocycles. The van der Waals surface area contributed by atoms with Gasteiger partial charge >= 0.3 is 0 Å². The second-order valence-electron chi connectivity index (χ2n) is 3.09. The topological polar surface area (TPSA) is 92.9 Å². The Morgan fingerprint density at radius 1 is 1.53 bits per heavy atom. The number of hydrogen-bond donors (Lipinski definition) is 3. The predicted octanol–water partition coefficient (Wildman–Crippen LogP) is 0.194. The van der Waals surface area contributed by atoms with Gasteiger partial charge in [0.15, 0.2) is 0 Å². The van der Waals surface area contributed by atoms with Crippen LogP contribution >= 0.6 is 0 Å². The molecule has 1 unspecified atom stereocenters. The van der Waals surface area contributed by atoms with Gasteiger partial charge in [0.1, 0.15) is 17.7 Å². The molecule has 6 heteroatoms. The number of carbonyl (C=O) groups excluding carboxylic acids is 1. The van der Waals surface area contributed by atoms with Gasteiger partial charge in [-0.3, -0.25) is 9.78 Å².